The van der Waals surface area contributed by atoms with E-state index in [9.17, 15) is 4.79 Å². The molecule has 0 saturated heterocycles. The van der Waals surface area contributed by atoms with E-state index in [-0.39, 0.29) is 6.04 Å². The topological polar surface area (TPSA) is 108 Å². The quantitative estimate of drug-likeness (QED) is 0.177. The molecule has 1 atom stereocenters. The Hall–Kier alpha value is -4.04. The second-order valence-corrected chi connectivity index (χ2v) is 10.8. The molecule has 5 rings (SSSR count). The van der Waals surface area contributed by atoms with Crippen LogP contribution < -0.4 is 10.6 Å². The lowest BCUT2D eigenvalue weighted by atomic mass is 10.0. The molecule has 8 nitrogen and oxygen atoms in total. The number of amides is 1. The highest BCUT2D eigenvalue weighted by Crippen LogP contribution is 2.31. The zero-order chi connectivity index (χ0) is 26.9. The first-order valence-electron chi connectivity index (χ1n) is 12.6. The van der Waals surface area contributed by atoms with Crippen LogP contribution in [0.1, 0.15) is 32.0 Å². The Morgan fingerprint density at radius 2 is 1.95 bits per heavy atom. The molecule has 5 aromatic rings. The SMILES string of the molecule is Cc1[nH]nc2ccc(-c3cc(NC[C@@H](Cc4c[nH]c5ccccc45)NC(=O)OC(C)(C)C)cnc3Cl)cc12. The molecule has 0 fully saturated rings. The Labute approximate surface area is 226 Å². The summed E-state index contributed by atoms with van der Waals surface area (Å²) in [7, 11) is 0. The molecule has 3 aromatic heterocycles. The molecule has 0 aliphatic heterocycles. The number of hydrogen-bond acceptors (Lipinski definition) is 5. The molecule has 0 radical (unpaired) electrons. The van der Waals surface area contributed by atoms with E-state index in [1.807, 2.05) is 70.3 Å². The average molecular weight is 531 g/mol. The molecule has 0 spiro atoms. The monoisotopic (exact) mass is 530 g/mol. The maximum absolute atomic E-state index is 12.7. The van der Waals surface area contributed by atoms with Gasteiger partial charge in [0, 0.05) is 40.3 Å². The van der Waals surface area contributed by atoms with Crippen molar-refractivity contribution < 1.29 is 9.53 Å². The first kappa shape index (κ1) is 25.6. The van der Waals surface area contributed by atoms with Crippen molar-refractivity contribution in [2.45, 2.75) is 45.8 Å². The highest BCUT2D eigenvalue weighted by atomic mass is 35.5. The lowest BCUT2D eigenvalue weighted by Gasteiger charge is -2.24. The van der Waals surface area contributed by atoms with Crippen LogP contribution >= 0.6 is 11.6 Å². The van der Waals surface area contributed by atoms with E-state index in [4.69, 9.17) is 16.3 Å². The predicted molar refractivity (Wildman–Crippen MR) is 153 cm³/mol. The van der Waals surface area contributed by atoms with Crippen LogP contribution in [0.5, 0.6) is 0 Å². The number of carbonyl (C=O) groups excluding carboxylic acids is 1. The van der Waals surface area contributed by atoms with Gasteiger partial charge in [0.2, 0.25) is 0 Å². The first-order valence-corrected chi connectivity index (χ1v) is 12.9. The van der Waals surface area contributed by atoms with E-state index in [0.717, 1.165) is 49.9 Å². The van der Waals surface area contributed by atoms with Gasteiger partial charge in [-0.3, -0.25) is 5.10 Å². The van der Waals surface area contributed by atoms with E-state index < -0.39 is 11.7 Å². The summed E-state index contributed by atoms with van der Waals surface area (Å²) in [5.41, 5.74) is 6.03. The van der Waals surface area contributed by atoms with Gasteiger partial charge in [0.1, 0.15) is 10.8 Å². The van der Waals surface area contributed by atoms with Gasteiger partial charge in [-0.2, -0.15) is 5.10 Å². The molecule has 196 valence electrons. The fourth-order valence-electron chi connectivity index (χ4n) is 4.51. The van der Waals surface area contributed by atoms with Crippen molar-refractivity contribution >= 4 is 45.2 Å². The molecule has 3 heterocycles. The molecule has 9 heteroatoms. The number of benzene rings is 2. The van der Waals surface area contributed by atoms with Crippen LogP contribution in [0.4, 0.5) is 10.5 Å². The number of hydrogen-bond donors (Lipinski definition) is 4. The van der Waals surface area contributed by atoms with Gasteiger partial charge in [-0.15, -0.1) is 0 Å². The van der Waals surface area contributed by atoms with E-state index >= 15 is 0 Å². The van der Waals surface area contributed by atoms with Crippen LogP contribution in [0.25, 0.3) is 32.9 Å². The lowest BCUT2D eigenvalue weighted by Crippen LogP contribution is -2.43. The summed E-state index contributed by atoms with van der Waals surface area (Å²) in [6.45, 7) is 8.00. The van der Waals surface area contributed by atoms with E-state index in [1.165, 1.54) is 0 Å². The Kier molecular flexibility index (Phi) is 6.99. The molecule has 0 aliphatic rings. The van der Waals surface area contributed by atoms with Gasteiger partial charge in [0.05, 0.1) is 23.4 Å². The average Bonchev–Trinajstić information content (AvgIpc) is 3.45. The third-order valence-corrected chi connectivity index (χ3v) is 6.61. The van der Waals surface area contributed by atoms with Crippen molar-refractivity contribution in [1.82, 2.24) is 25.5 Å². The van der Waals surface area contributed by atoms with Crippen molar-refractivity contribution in [1.29, 1.82) is 0 Å². The standard InChI is InChI=1S/C29H31ClN6O2/c1-17-23-12-18(9-10-26(23)36-35-17)24-13-20(15-33-27(24)30)31-16-21(34-28(37)38-29(2,3)4)11-19-14-32-25-8-6-5-7-22(19)25/h5-10,12-15,21,31-32H,11,16H2,1-4H3,(H,34,37)(H,35,36)/t21-/m1/s1. The van der Waals surface area contributed by atoms with Crippen molar-refractivity contribution in [3.05, 3.63) is 77.3 Å². The maximum Gasteiger partial charge on any atom is 0.407 e. The largest absolute Gasteiger partial charge is 0.444 e. The summed E-state index contributed by atoms with van der Waals surface area (Å²) in [5, 5.41) is 16.4. The molecule has 38 heavy (non-hydrogen) atoms. The van der Waals surface area contributed by atoms with Crippen molar-refractivity contribution in [2.75, 3.05) is 11.9 Å². The molecule has 0 aliphatic carbocycles. The van der Waals surface area contributed by atoms with Gasteiger partial charge in [0.15, 0.2) is 0 Å². The zero-order valence-corrected chi connectivity index (χ0v) is 22.6. The summed E-state index contributed by atoms with van der Waals surface area (Å²) in [5.74, 6) is 0. The van der Waals surface area contributed by atoms with Crippen LogP contribution in [0, 0.1) is 6.92 Å². The fourth-order valence-corrected chi connectivity index (χ4v) is 4.72. The molecule has 1 amide bonds. The number of rotatable bonds is 7. The molecule has 2 aromatic carbocycles. The lowest BCUT2D eigenvalue weighted by molar-refractivity contribution is 0.0507. The Morgan fingerprint density at radius 1 is 1.13 bits per heavy atom. The number of carbonyl (C=O) groups is 1. The number of alkyl carbamates (subject to hydrolysis) is 1. The maximum atomic E-state index is 12.7. The normalized spacial score (nSPS) is 12.6. The van der Waals surface area contributed by atoms with Gasteiger partial charge in [-0.1, -0.05) is 35.9 Å². The Balaban J connectivity index is 1.37. The second kappa shape index (κ2) is 10.4. The number of para-hydroxylation sites is 1. The van der Waals surface area contributed by atoms with Gasteiger partial charge >= 0.3 is 6.09 Å². The van der Waals surface area contributed by atoms with Crippen LogP contribution in [-0.4, -0.2) is 44.4 Å². The third kappa shape index (κ3) is 5.75. The number of anilines is 1. The number of nitrogens with zero attached hydrogens (tertiary/aromatic N) is 2. The van der Waals surface area contributed by atoms with Crippen LogP contribution in [0.2, 0.25) is 5.15 Å². The molecule has 4 N–H and O–H groups in total. The first-order chi connectivity index (χ1) is 18.2. The number of aryl methyl sites for hydroxylation is 1. The minimum absolute atomic E-state index is 0.242. The number of aromatic amines is 2. The van der Waals surface area contributed by atoms with Crippen LogP contribution in [0.3, 0.4) is 0 Å². The van der Waals surface area contributed by atoms with Crippen LogP contribution in [0.15, 0.2) is 60.9 Å². The smallest absolute Gasteiger partial charge is 0.407 e. The number of halogens is 1. The number of ether oxygens (including phenoxy) is 1. The Bertz CT molecular complexity index is 1600. The number of pyridine rings is 1. The van der Waals surface area contributed by atoms with Gasteiger partial charge in [0.25, 0.3) is 0 Å². The van der Waals surface area contributed by atoms with Crippen LogP contribution in [-0.2, 0) is 11.2 Å². The van der Waals surface area contributed by atoms with E-state index in [0.29, 0.717) is 18.1 Å². The predicted octanol–water partition coefficient (Wildman–Crippen LogP) is 6.62. The number of aromatic nitrogens is 4. The number of H-pyrrole nitrogens is 2. The summed E-state index contributed by atoms with van der Waals surface area (Å²) in [6.07, 6.45) is 3.84. The third-order valence-electron chi connectivity index (χ3n) is 6.31. The molecular formula is C29H31ClN6O2. The van der Waals surface area contributed by atoms with Crippen molar-refractivity contribution in [2.24, 2.45) is 0 Å². The van der Waals surface area contributed by atoms with Gasteiger partial charge < -0.3 is 20.4 Å². The minimum atomic E-state index is -0.591. The summed E-state index contributed by atoms with van der Waals surface area (Å²) in [4.78, 5) is 20.4. The molecule has 0 bridgehead atoms. The van der Waals surface area contributed by atoms with Gasteiger partial charge in [-0.25, -0.2) is 9.78 Å². The van der Waals surface area contributed by atoms with Gasteiger partial charge in [-0.05, 0) is 69.5 Å². The number of fused-ring (bicyclic) bond motifs is 2. The zero-order valence-electron chi connectivity index (χ0n) is 21.9. The molecule has 0 unspecified atom stereocenters. The highest BCUT2D eigenvalue weighted by Gasteiger charge is 2.21. The summed E-state index contributed by atoms with van der Waals surface area (Å²) in [6, 6.07) is 15.9. The van der Waals surface area contributed by atoms with Crippen molar-refractivity contribution in [3.63, 3.8) is 0 Å². The fraction of sp³-hybridized carbons (Fsp3) is 0.276. The van der Waals surface area contributed by atoms with Crippen molar-refractivity contribution in [3.8, 4) is 11.1 Å². The molecular weight excluding hydrogens is 500 g/mol. The second-order valence-electron chi connectivity index (χ2n) is 10.4. The summed E-state index contributed by atoms with van der Waals surface area (Å²) < 4.78 is 5.53. The summed E-state index contributed by atoms with van der Waals surface area (Å²) >= 11 is 6.50. The highest BCUT2D eigenvalue weighted by molar-refractivity contribution is 6.32. The minimum Gasteiger partial charge on any atom is -0.444 e. The molecule has 0 saturated carbocycles. The number of nitrogens with one attached hydrogen (secondary N) is 4. The van der Waals surface area contributed by atoms with E-state index in [2.05, 4.69) is 42.9 Å². The Morgan fingerprint density at radius 3 is 2.76 bits per heavy atom. The van der Waals surface area contributed by atoms with E-state index in [1.54, 1.807) is 6.20 Å².